The summed E-state index contributed by atoms with van der Waals surface area (Å²) in [6, 6.07) is 13.6. The first-order valence-corrected chi connectivity index (χ1v) is 9.12. The topological polar surface area (TPSA) is 38.3 Å². The van der Waals surface area contributed by atoms with E-state index in [0.717, 1.165) is 23.3 Å². The number of thioether (sulfide) groups is 1. The SMILES string of the molecule is CSc1ccccc1CNC(=O)C1CCc2cc(Cl)ccc2O1. The highest BCUT2D eigenvalue weighted by atomic mass is 35.5. The normalized spacial score (nSPS) is 16.3. The number of carbonyl (C=O) groups excluding carboxylic acids is 1. The number of fused-ring (bicyclic) bond motifs is 1. The first kappa shape index (κ1) is 16.2. The van der Waals surface area contributed by atoms with Crippen molar-refractivity contribution in [2.24, 2.45) is 0 Å². The van der Waals surface area contributed by atoms with E-state index in [-0.39, 0.29) is 5.91 Å². The Labute approximate surface area is 145 Å². The predicted molar refractivity (Wildman–Crippen MR) is 94.3 cm³/mol. The molecule has 2 aromatic carbocycles. The van der Waals surface area contributed by atoms with Crippen LogP contribution in [0.2, 0.25) is 5.02 Å². The molecule has 0 radical (unpaired) electrons. The van der Waals surface area contributed by atoms with E-state index in [2.05, 4.69) is 11.4 Å². The fourth-order valence-corrected chi connectivity index (χ4v) is 3.50. The van der Waals surface area contributed by atoms with Gasteiger partial charge in [0, 0.05) is 16.5 Å². The van der Waals surface area contributed by atoms with Crippen molar-refractivity contribution in [3.63, 3.8) is 0 Å². The van der Waals surface area contributed by atoms with Crippen LogP contribution in [0.25, 0.3) is 0 Å². The molecule has 1 N–H and O–H groups in total. The Morgan fingerprint density at radius 1 is 1.35 bits per heavy atom. The Morgan fingerprint density at radius 2 is 2.17 bits per heavy atom. The van der Waals surface area contributed by atoms with Crippen LogP contribution in [0.4, 0.5) is 0 Å². The monoisotopic (exact) mass is 347 g/mol. The highest BCUT2D eigenvalue weighted by Gasteiger charge is 2.26. The molecule has 0 saturated carbocycles. The van der Waals surface area contributed by atoms with Crippen LogP contribution in [-0.4, -0.2) is 18.3 Å². The average Bonchev–Trinajstić information content (AvgIpc) is 2.59. The summed E-state index contributed by atoms with van der Waals surface area (Å²) in [6.07, 6.45) is 3.07. The molecule has 3 rings (SSSR count). The molecular weight excluding hydrogens is 330 g/mol. The Kier molecular flexibility index (Phi) is 5.13. The first-order valence-electron chi connectivity index (χ1n) is 7.52. The molecule has 3 nitrogen and oxygen atoms in total. The second kappa shape index (κ2) is 7.28. The van der Waals surface area contributed by atoms with E-state index in [1.165, 1.54) is 4.90 Å². The lowest BCUT2D eigenvalue weighted by molar-refractivity contribution is -0.128. The fourth-order valence-electron chi connectivity index (χ4n) is 2.69. The fraction of sp³-hybridized carbons (Fsp3) is 0.278. The number of hydrogen-bond acceptors (Lipinski definition) is 3. The van der Waals surface area contributed by atoms with Crippen LogP contribution in [0, 0.1) is 0 Å². The van der Waals surface area contributed by atoms with Crippen LogP contribution in [0.15, 0.2) is 47.4 Å². The van der Waals surface area contributed by atoms with Gasteiger partial charge in [-0.15, -0.1) is 11.8 Å². The summed E-state index contributed by atoms with van der Waals surface area (Å²) < 4.78 is 5.82. The highest BCUT2D eigenvalue weighted by Crippen LogP contribution is 2.30. The van der Waals surface area contributed by atoms with Crippen LogP contribution in [0.1, 0.15) is 17.5 Å². The number of nitrogens with one attached hydrogen (secondary N) is 1. The second-order valence-electron chi connectivity index (χ2n) is 5.43. The van der Waals surface area contributed by atoms with E-state index >= 15 is 0 Å². The molecule has 0 saturated heterocycles. The van der Waals surface area contributed by atoms with Crippen molar-refractivity contribution in [3.8, 4) is 5.75 Å². The lowest BCUT2D eigenvalue weighted by Crippen LogP contribution is -2.40. The Balaban J connectivity index is 1.62. The quantitative estimate of drug-likeness (QED) is 0.847. The van der Waals surface area contributed by atoms with E-state index in [0.29, 0.717) is 18.0 Å². The highest BCUT2D eigenvalue weighted by molar-refractivity contribution is 7.98. The minimum Gasteiger partial charge on any atom is -0.480 e. The second-order valence-corrected chi connectivity index (χ2v) is 6.71. The van der Waals surface area contributed by atoms with Crippen molar-refractivity contribution in [1.29, 1.82) is 0 Å². The van der Waals surface area contributed by atoms with Gasteiger partial charge in [-0.2, -0.15) is 0 Å². The molecular formula is C18H18ClNO2S. The molecule has 0 bridgehead atoms. The molecule has 1 amide bonds. The van der Waals surface area contributed by atoms with Gasteiger partial charge in [-0.25, -0.2) is 0 Å². The van der Waals surface area contributed by atoms with Gasteiger partial charge in [-0.05, 0) is 54.5 Å². The predicted octanol–water partition coefficient (Wildman–Crippen LogP) is 4.07. The summed E-state index contributed by atoms with van der Waals surface area (Å²) in [5, 5.41) is 3.68. The van der Waals surface area contributed by atoms with Crippen molar-refractivity contribution < 1.29 is 9.53 Å². The van der Waals surface area contributed by atoms with E-state index in [1.54, 1.807) is 17.8 Å². The van der Waals surface area contributed by atoms with E-state index in [9.17, 15) is 4.79 Å². The van der Waals surface area contributed by atoms with Gasteiger partial charge in [0.15, 0.2) is 6.10 Å². The minimum absolute atomic E-state index is 0.0680. The standard InChI is InChI=1S/C18H18ClNO2S/c1-23-17-5-3-2-4-13(17)11-20-18(21)16-8-6-12-10-14(19)7-9-15(12)22-16/h2-5,7,9-10,16H,6,8,11H2,1H3,(H,20,21). The molecule has 0 aromatic heterocycles. The van der Waals surface area contributed by atoms with Crippen LogP contribution in [0.5, 0.6) is 5.75 Å². The summed E-state index contributed by atoms with van der Waals surface area (Å²) in [5.74, 6) is 0.687. The molecule has 1 atom stereocenters. The maximum Gasteiger partial charge on any atom is 0.261 e. The Hall–Kier alpha value is -1.65. The van der Waals surface area contributed by atoms with Gasteiger partial charge in [-0.1, -0.05) is 29.8 Å². The van der Waals surface area contributed by atoms with Crippen molar-refractivity contribution in [2.75, 3.05) is 6.26 Å². The van der Waals surface area contributed by atoms with Gasteiger partial charge >= 0.3 is 0 Å². The lowest BCUT2D eigenvalue weighted by atomic mass is 10.0. The van der Waals surface area contributed by atoms with Crippen molar-refractivity contribution >= 4 is 29.3 Å². The summed E-state index contributed by atoms with van der Waals surface area (Å²) in [5.41, 5.74) is 2.19. The summed E-state index contributed by atoms with van der Waals surface area (Å²) in [7, 11) is 0. The summed E-state index contributed by atoms with van der Waals surface area (Å²) in [4.78, 5) is 13.6. The van der Waals surface area contributed by atoms with Gasteiger partial charge < -0.3 is 10.1 Å². The van der Waals surface area contributed by atoms with E-state index in [1.807, 2.05) is 36.6 Å². The summed E-state index contributed by atoms with van der Waals surface area (Å²) >= 11 is 7.66. The van der Waals surface area contributed by atoms with Crippen molar-refractivity contribution in [2.45, 2.75) is 30.4 Å². The van der Waals surface area contributed by atoms with Crippen molar-refractivity contribution in [1.82, 2.24) is 5.32 Å². The van der Waals surface area contributed by atoms with Gasteiger partial charge in [0.1, 0.15) is 5.75 Å². The zero-order valence-corrected chi connectivity index (χ0v) is 14.4. The van der Waals surface area contributed by atoms with Crippen LogP contribution < -0.4 is 10.1 Å². The zero-order chi connectivity index (χ0) is 16.2. The zero-order valence-electron chi connectivity index (χ0n) is 12.8. The maximum atomic E-state index is 12.4. The number of hydrogen-bond donors (Lipinski definition) is 1. The number of carbonyl (C=O) groups is 1. The average molecular weight is 348 g/mol. The van der Waals surface area contributed by atoms with Gasteiger partial charge in [0.05, 0.1) is 0 Å². The summed E-state index contributed by atoms with van der Waals surface area (Å²) in [6.45, 7) is 0.517. The Morgan fingerprint density at radius 3 is 3.00 bits per heavy atom. The van der Waals surface area contributed by atoms with E-state index in [4.69, 9.17) is 16.3 Å². The number of amides is 1. The number of aryl methyl sites for hydroxylation is 1. The minimum atomic E-state index is -0.440. The molecule has 23 heavy (non-hydrogen) atoms. The van der Waals surface area contributed by atoms with Crippen LogP contribution >= 0.6 is 23.4 Å². The number of ether oxygens (including phenoxy) is 1. The largest absolute Gasteiger partial charge is 0.480 e. The van der Waals surface area contributed by atoms with Gasteiger partial charge in [-0.3, -0.25) is 4.79 Å². The third-order valence-corrected chi connectivity index (χ3v) is 4.98. The molecule has 2 aromatic rings. The maximum absolute atomic E-state index is 12.4. The molecule has 1 aliphatic rings. The lowest BCUT2D eigenvalue weighted by Gasteiger charge is -2.25. The molecule has 5 heteroatoms. The molecule has 0 spiro atoms. The molecule has 1 aliphatic heterocycles. The molecule has 0 aliphatic carbocycles. The van der Waals surface area contributed by atoms with Gasteiger partial charge in [0.2, 0.25) is 0 Å². The third kappa shape index (κ3) is 3.82. The molecule has 1 heterocycles. The first-order chi connectivity index (χ1) is 11.2. The van der Waals surface area contributed by atoms with Crippen LogP contribution in [-0.2, 0) is 17.8 Å². The van der Waals surface area contributed by atoms with Crippen molar-refractivity contribution in [3.05, 3.63) is 58.6 Å². The van der Waals surface area contributed by atoms with E-state index < -0.39 is 6.10 Å². The number of halogens is 1. The number of benzene rings is 2. The Bertz CT molecular complexity index is 720. The number of rotatable bonds is 4. The van der Waals surface area contributed by atoms with Crippen LogP contribution in [0.3, 0.4) is 0 Å². The smallest absolute Gasteiger partial charge is 0.261 e. The third-order valence-electron chi connectivity index (χ3n) is 3.91. The molecule has 0 fully saturated rings. The molecule has 1 unspecified atom stereocenters. The van der Waals surface area contributed by atoms with Gasteiger partial charge in [0.25, 0.3) is 5.91 Å². The molecule has 120 valence electrons.